The first-order chi connectivity index (χ1) is 15.8. The lowest BCUT2D eigenvalue weighted by Gasteiger charge is -2.23. The van der Waals surface area contributed by atoms with E-state index in [-0.39, 0.29) is 18.9 Å². The van der Waals surface area contributed by atoms with Gasteiger partial charge in [0.15, 0.2) is 6.04 Å². The van der Waals surface area contributed by atoms with E-state index in [4.69, 9.17) is 4.74 Å². The van der Waals surface area contributed by atoms with Gasteiger partial charge < -0.3 is 25.6 Å². The molecule has 2 amide bonds. The van der Waals surface area contributed by atoms with Crippen molar-refractivity contribution in [3.05, 3.63) is 59.7 Å². The molecule has 2 aromatic carbocycles. The molecule has 9 heteroatoms. The molecule has 0 fully saturated rings. The number of hydrogen-bond acceptors (Lipinski definition) is 6. The van der Waals surface area contributed by atoms with Crippen molar-refractivity contribution in [3.8, 4) is 11.1 Å². The normalized spacial score (nSPS) is 15.0. The second kappa shape index (κ2) is 11.2. The molecule has 3 atom stereocenters. The zero-order valence-electron chi connectivity index (χ0n) is 18.5. The van der Waals surface area contributed by atoms with E-state index in [9.17, 15) is 24.6 Å². The molecule has 0 saturated heterocycles. The minimum absolute atomic E-state index is 0.0994. The molecule has 33 heavy (non-hydrogen) atoms. The summed E-state index contributed by atoms with van der Waals surface area (Å²) in [4.78, 5) is 36.5. The zero-order valence-corrected chi connectivity index (χ0v) is 19.3. The standard InChI is InChI=1S/C24H28N2O6S/c1-14(27)21(23(29)30)26-22(28)20(11-12-33-2)25-24(31)32-13-19-17-9-5-3-7-15(17)16-8-4-6-10-18(16)19/h3-10,14,19-21,27H,11-13H2,1-2H3,(H,25,31)(H,26,28)(H,29,30). The smallest absolute Gasteiger partial charge is 0.407 e. The molecule has 0 aromatic heterocycles. The molecule has 0 heterocycles. The van der Waals surface area contributed by atoms with Crippen molar-refractivity contribution in [1.82, 2.24) is 10.6 Å². The van der Waals surface area contributed by atoms with Crippen LogP contribution in [0.3, 0.4) is 0 Å². The average Bonchev–Trinajstić information content (AvgIpc) is 3.12. The van der Waals surface area contributed by atoms with E-state index in [1.54, 1.807) is 0 Å². The molecule has 0 spiro atoms. The summed E-state index contributed by atoms with van der Waals surface area (Å²) in [6.07, 6.45) is 0.0886. The van der Waals surface area contributed by atoms with Crippen molar-refractivity contribution < 1.29 is 29.3 Å². The fourth-order valence-corrected chi connectivity index (χ4v) is 4.40. The maximum atomic E-state index is 12.6. The lowest BCUT2D eigenvalue weighted by molar-refractivity contribution is -0.145. The highest BCUT2D eigenvalue weighted by molar-refractivity contribution is 7.98. The minimum Gasteiger partial charge on any atom is -0.480 e. The van der Waals surface area contributed by atoms with Crippen LogP contribution in [0.25, 0.3) is 11.1 Å². The number of nitrogens with one attached hydrogen (secondary N) is 2. The van der Waals surface area contributed by atoms with E-state index in [0.717, 1.165) is 22.3 Å². The van der Waals surface area contributed by atoms with Gasteiger partial charge in [0, 0.05) is 5.92 Å². The topological polar surface area (TPSA) is 125 Å². The molecule has 0 aliphatic heterocycles. The Bertz CT molecular complexity index is 966. The molecule has 176 valence electrons. The lowest BCUT2D eigenvalue weighted by Crippen LogP contribution is -2.55. The number of rotatable bonds is 10. The van der Waals surface area contributed by atoms with Crippen molar-refractivity contribution in [2.24, 2.45) is 0 Å². The van der Waals surface area contributed by atoms with Crippen molar-refractivity contribution in [2.45, 2.75) is 37.5 Å². The summed E-state index contributed by atoms with van der Waals surface area (Å²) in [6.45, 7) is 1.37. The first kappa shape index (κ1) is 24.6. The number of hydrogen-bond donors (Lipinski definition) is 4. The molecule has 4 N–H and O–H groups in total. The molecular weight excluding hydrogens is 444 g/mol. The Balaban J connectivity index is 1.66. The molecule has 0 saturated carbocycles. The lowest BCUT2D eigenvalue weighted by atomic mass is 9.98. The summed E-state index contributed by atoms with van der Waals surface area (Å²) in [5.74, 6) is -1.60. The Morgan fingerprint density at radius 2 is 1.61 bits per heavy atom. The van der Waals surface area contributed by atoms with Gasteiger partial charge in [-0.2, -0.15) is 11.8 Å². The molecular formula is C24H28N2O6S. The number of aliphatic hydroxyl groups excluding tert-OH is 1. The zero-order chi connectivity index (χ0) is 24.0. The van der Waals surface area contributed by atoms with E-state index < -0.39 is 36.2 Å². The van der Waals surface area contributed by atoms with Gasteiger partial charge in [0.05, 0.1) is 6.10 Å². The van der Waals surface area contributed by atoms with Crippen LogP contribution in [-0.4, -0.2) is 65.0 Å². The fraction of sp³-hybridized carbons (Fsp3) is 0.375. The predicted molar refractivity (Wildman–Crippen MR) is 126 cm³/mol. The number of amides is 2. The Kier molecular flexibility index (Phi) is 8.35. The van der Waals surface area contributed by atoms with Crippen LogP contribution in [0.4, 0.5) is 4.79 Å². The molecule has 3 unspecified atom stereocenters. The number of carboxylic acid groups (broad SMARTS) is 1. The summed E-state index contributed by atoms with van der Waals surface area (Å²) in [6, 6.07) is 13.5. The van der Waals surface area contributed by atoms with Crippen molar-refractivity contribution in [3.63, 3.8) is 0 Å². The van der Waals surface area contributed by atoms with Crippen molar-refractivity contribution in [2.75, 3.05) is 18.6 Å². The second-order valence-corrected chi connectivity index (χ2v) is 8.85. The maximum absolute atomic E-state index is 12.6. The molecule has 0 bridgehead atoms. The molecule has 2 aromatic rings. The second-order valence-electron chi connectivity index (χ2n) is 7.87. The minimum atomic E-state index is -1.47. The highest BCUT2D eigenvalue weighted by atomic mass is 32.2. The Morgan fingerprint density at radius 1 is 1.03 bits per heavy atom. The number of thioether (sulfide) groups is 1. The van der Waals surface area contributed by atoms with Gasteiger partial charge in [-0.3, -0.25) is 4.79 Å². The molecule has 3 rings (SSSR count). The molecule has 0 radical (unpaired) electrons. The first-order valence-corrected chi connectivity index (χ1v) is 12.0. The third-order valence-corrected chi connectivity index (χ3v) is 6.25. The summed E-state index contributed by atoms with van der Waals surface area (Å²) in [7, 11) is 0. The van der Waals surface area contributed by atoms with Crippen molar-refractivity contribution in [1.29, 1.82) is 0 Å². The number of alkyl carbamates (subject to hydrolysis) is 1. The third kappa shape index (κ3) is 5.85. The number of aliphatic hydroxyl groups is 1. The Hall–Kier alpha value is -3.04. The van der Waals surface area contributed by atoms with Gasteiger partial charge in [0.25, 0.3) is 0 Å². The number of fused-ring (bicyclic) bond motifs is 3. The summed E-state index contributed by atoms with van der Waals surface area (Å²) >= 11 is 1.49. The fourth-order valence-electron chi connectivity index (χ4n) is 3.93. The van der Waals surface area contributed by atoms with E-state index >= 15 is 0 Å². The number of carbonyl (C=O) groups is 3. The van der Waals surface area contributed by atoms with Crippen LogP contribution in [0, 0.1) is 0 Å². The quantitative estimate of drug-likeness (QED) is 0.419. The summed E-state index contributed by atoms with van der Waals surface area (Å²) in [5, 5.41) is 23.7. The van der Waals surface area contributed by atoms with Gasteiger partial charge in [-0.15, -0.1) is 0 Å². The molecule has 1 aliphatic carbocycles. The van der Waals surface area contributed by atoms with Gasteiger partial charge in [0.2, 0.25) is 5.91 Å². The van der Waals surface area contributed by atoms with E-state index in [1.807, 2.05) is 54.8 Å². The van der Waals surface area contributed by atoms with E-state index in [2.05, 4.69) is 10.6 Å². The van der Waals surface area contributed by atoms with Crippen molar-refractivity contribution >= 4 is 29.7 Å². The maximum Gasteiger partial charge on any atom is 0.407 e. The van der Waals surface area contributed by atoms with Crippen LogP contribution in [0.15, 0.2) is 48.5 Å². The number of ether oxygens (including phenoxy) is 1. The highest BCUT2D eigenvalue weighted by Gasteiger charge is 2.31. The average molecular weight is 473 g/mol. The molecule has 8 nitrogen and oxygen atoms in total. The van der Waals surface area contributed by atoms with Crippen LogP contribution < -0.4 is 10.6 Å². The monoisotopic (exact) mass is 472 g/mol. The van der Waals surface area contributed by atoms with Gasteiger partial charge in [0.1, 0.15) is 12.6 Å². The van der Waals surface area contributed by atoms with Crippen LogP contribution in [0.2, 0.25) is 0 Å². The Morgan fingerprint density at radius 3 is 2.12 bits per heavy atom. The van der Waals surface area contributed by atoms with E-state index in [0.29, 0.717) is 5.75 Å². The highest BCUT2D eigenvalue weighted by Crippen LogP contribution is 2.44. The summed E-state index contributed by atoms with van der Waals surface area (Å²) in [5.41, 5.74) is 4.36. The number of carbonyl (C=O) groups excluding carboxylic acids is 2. The van der Waals surface area contributed by atoms with E-state index in [1.165, 1.54) is 18.7 Å². The van der Waals surface area contributed by atoms with Crippen LogP contribution >= 0.6 is 11.8 Å². The van der Waals surface area contributed by atoms with Gasteiger partial charge in [-0.05, 0) is 47.6 Å². The van der Waals surface area contributed by atoms with Gasteiger partial charge in [-0.25, -0.2) is 9.59 Å². The van der Waals surface area contributed by atoms with Crippen LogP contribution in [0.5, 0.6) is 0 Å². The summed E-state index contributed by atoms with van der Waals surface area (Å²) < 4.78 is 5.50. The predicted octanol–water partition coefficient (Wildman–Crippen LogP) is 2.60. The number of aliphatic carboxylic acids is 1. The van der Waals surface area contributed by atoms with Gasteiger partial charge >= 0.3 is 12.1 Å². The Labute approximate surface area is 196 Å². The van der Waals surface area contributed by atoms with Gasteiger partial charge in [-0.1, -0.05) is 48.5 Å². The van der Waals surface area contributed by atoms with Crippen LogP contribution in [-0.2, 0) is 14.3 Å². The largest absolute Gasteiger partial charge is 0.480 e. The third-order valence-electron chi connectivity index (χ3n) is 5.61. The first-order valence-electron chi connectivity index (χ1n) is 10.6. The number of carboxylic acids is 1. The number of benzene rings is 2. The van der Waals surface area contributed by atoms with Crippen LogP contribution in [0.1, 0.15) is 30.4 Å². The molecule has 1 aliphatic rings. The SMILES string of the molecule is CSCCC(NC(=O)OCC1c2ccccc2-c2ccccc21)C(=O)NC(C(=O)O)C(C)O.